The molecule has 10 heteroatoms. The van der Waals surface area contributed by atoms with E-state index in [0.717, 1.165) is 0 Å². The molecule has 0 aliphatic carbocycles. The topological polar surface area (TPSA) is 37.4 Å². The normalized spacial score (nSPS) is 12.4. The van der Waals surface area contributed by atoms with Crippen molar-refractivity contribution in [2.75, 3.05) is 0 Å². The molecule has 0 unspecified atom stereocenters. The van der Waals surface area contributed by atoms with Gasteiger partial charge in [-0.25, -0.2) is 0 Å². The second-order valence-corrected chi connectivity index (χ2v) is 2.16. The van der Waals surface area contributed by atoms with E-state index in [4.69, 9.17) is 0 Å². The van der Waals surface area contributed by atoms with Gasteiger partial charge in [0.15, 0.2) is 0 Å². The molecule has 0 saturated heterocycles. The molecule has 0 aromatic carbocycles. The first-order valence-corrected chi connectivity index (χ1v) is 2.94. The number of halogens is 6. The summed E-state index contributed by atoms with van der Waals surface area (Å²) in [5.74, 6) is -5.72. The highest BCUT2D eigenvalue weighted by atomic mass is 19.4. The van der Waals surface area contributed by atoms with Gasteiger partial charge < -0.3 is 4.81 Å². The molecule has 80 valence electrons. The Hall–Kier alpha value is -1.22. The van der Waals surface area contributed by atoms with Crippen molar-refractivity contribution in [3.63, 3.8) is 0 Å². The van der Waals surface area contributed by atoms with Crippen molar-refractivity contribution in [3.8, 4) is 0 Å². The fraction of sp³-hybridized carbons (Fsp3) is 0.500. The van der Waals surface area contributed by atoms with Crippen molar-refractivity contribution >= 4 is 19.8 Å². The van der Waals surface area contributed by atoms with Crippen LogP contribution < -0.4 is 0 Å². The lowest BCUT2D eigenvalue weighted by Crippen LogP contribution is -2.48. The van der Waals surface area contributed by atoms with E-state index in [1.807, 2.05) is 0 Å². The molecule has 14 heavy (non-hydrogen) atoms. The molecule has 0 atom stereocenters. The third-order valence-electron chi connectivity index (χ3n) is 1.09. The summed E-state index contributed by atoms with van der Waals surface area (Å²) >= 11 is 0. The van der Waals surface area contributed by atoms with E-state index in [-0.39, 0.29) is 7.98 Å². The second kappa shape index (κ2) is 3.50. The molecule has 0 heterocycles. The standard InChI is InChI=1S/C4H2BF6NO2/c5-12(1(13)3(6,7)8)2(14)4(9,10)11/h5H2. The summed E-state index contributed by atoms with van der Waals surface area (Å²) in [6.45, 7) is 0. The summed E-state index contributed by atoms with van der Waals surface area (Å²) in [7, 11) is 0.103. The fourth-order valence-electron chi connectivity index (χ4n) is 0.473. The third kappa shape index (κ3) is 2.93. The molecule has 0 fully saturated rings. The van der Waals surface area contributed by atoms with Crippen LogP contribution in [0.1, 0.15) is 0 Å². The fourth-order valence-corrected chi connectivity index (χ4v) is 0.473. The van der Waals surface area contributed by atoms with E-state index < -0.39 is 29.0 Å². The Morgan fingerprint density at radius 2 is 1.07 bits per heavy atom. The van der Waals surface area contributed by atoms with Gasteiger partial charge in [-0.2, -0.15) is 26.3 Å². The van der Waals surface area contributed by atoms with Gasteiger partial charge in [0.05, 0.1) is 0 Å². The van der Waals surface area contributed by atoms with E-state index in [1.165, 1.54) is 0 Å². The highest BCUT2D eigenvalue weighted by molar-refractivity contribution is 6.26. The first kappa shape index (κ1) is 12.8. The molecular weight excluding hydrogens is 219 g/mol. The summed E-state index contributed by atoms with van der Waals surface area (Å²) < 4.78 is 69.2. The average molecular weight is 221 g/mol. The third-order valence-corrected chi connectivity index (χ3v) is 1.09. The predicted octanol–water partition coefficient (Wildman–Crippen LogP) is 0.0143. The average Bonchev–Trinajstić information content (AvgIpc) is 1.97. The Labute approximate surface area is 74.1 Å². The number of alkyl halides is 6. The van der Waals surface area contributed by atoms with Crippen LogP contribution in [0, 0.1) is 0 Å². The van der Waals surface area contributed by atoms with Gasteiger partial charge in [-0.15, -0.1) is 0 Å². The van der Waals surface area contributed by atoms with Crippen molar-refractivity contribution in [1.29, 1.82) is 0 Å². The highest BCUT2D eigenvalue weighted by Crippen LogP contribution is 2.22. The lowest BCUT2D eigenvalue weighted by Gasteiger charge is -2.18. The lowest BCUT2D eigenvalue weighted by molar-refractivity contribution is -0.197. The van der Waals surface area contributed by atoms with Crippen LogP contribution in [0.3, 0.4) is 0 Å². The summed E-state index contributed by atoms with van der Waals surface area (Å²) in [5, 5.41) is 0. The summed E-state index contributed by atoms with van der Waals surface area (Å²) in [6.07, 6.45) is -11.0. The molecule has 0 rings (SSSR count). The maximum Gasteiger partial charge on any atom is 0.470 e. The number of carbonyl (C=O) groups excluding carboxylic acids is 2. The molecule has 0 N–H and O–H groups in total. The number of hydrogen-bond acceptors (Lipinski definition) is 2. The number of hydrogen-bond donors (Lipinski definition) is 0. The zero-order chi connectivity index (χ0) is 11.7. The lowest BCUT2D eigenvalue weighted by atomic mass is 10.2. The maximum atomic E-state index is 11.5. The Bertz CT molecular complexity index is 232. The van der Waals surface area contributed by atoms with Crippen LogP contribution in [0.5, 0.6) is 0 Å². The molecule has 0 spiro atoms. The largest absolute Gasteiger partial charge is 0.470 e. The molecule has 0 aliphatic heterocycles. The van der Waals surface area contributed by atoms with Crippen molar-refractivity contribution in [3.05, 3.63) is 0 Å². The molecular formula is C4H2BF6NO2. The highest BCUT2D eigenvalue weighted by Gasteiger charge is 2.49. The van der Waals surface area contributed by atoms with Crippen molar-refractivity contribution in [2.24, 2.45) is 0 Å². The van der Waals surface area contributed by atoms with Gasteiger partial charge in [-0.1, -0.05) is 0 Å². The van der Waals surface area contributed by atoms with Crippen LogP contribution in [0.25, 0.3) is 0 Å². The monoisotopic (exact) mass is 221 g/mol. The van der Waals surface area contributed by atoms with Gasteiger partial charge in [0.2, 0.25) is 7.98 Å². The first-order valence-electron chi connectivity index (χ1n) is 2.94. The minimum atomic E-state index is -5.50. The van der Waals surface area contributed by atoms with Gasteiger partial charge in [-0.05, 0) is 0 Å². The number of rotatable bonds is 0. The molecule has 2 amide bonds. The van der Waals surface area contributed by atoms with E-state index in [1.54, 1.807) is 0 Å². The van der Waals surface area contributed by atoms with Crippen LogP contribution in [-0.2, 0) is 9.59 Å². The minimum Gasteiger partial charge on any atom is -0.321 e. The number of carbonyl (C=O) groups is 2. The Kier molecular flexibility index (Phi) is 3.20. The predicted molar refractivity (Wildman–Crippen MR) is 32.5 cm³/mol. The van der Waals surface area contributed by atoms with Crippen molar-refractivity contribution in [1.82, 2.24) is 4.81 Å². The SMILES string of the molecule is BN(C(=O)C(F)(F)F)C(=O)C(F)(F)F. The molecule has 0 saturated carbocycles. The molecule has 0 aromatic heterocycles. The summed E-state index contributed by atoms with van der Waals surface area (Å²) in [5.41, 5.74) is 0. The zero-order valence-corrected chi connectivity index (χ0v) is 6.53. The van der Waals surface area contributed by atoms with Gasteiger partial charge in [-0.3, -0.25) is 9.59 Å². The minimum absolute atomic E-state index is 0.103. The van der Waals surface area contributed by atoms with Crippen LogP contribution in [0.4, 0.5) is 26.3 Å². The first-order chi connectivity index (χ1) is 5.98. The van der Waals surface area contributed by atoms with Crippen molar-refractivity contribution in [2.45, 2.75) is 12.4 Å². The zero-order valence-electron chi connectivity index (χ0n) is 6.53. The Morgan fingerprint density at radius 1 is 0.857 bits per heavy atom. The Morgan fingerprint density at radius 3 is 1.21 bits per heavy atom. The molecule has 0 radical (unpaired) electrons. The van der Waals surface area contributed by atoms with Crippen LogP contribution in [0.15, 0.2) is 0 Å². The van der Waals surface area contributed by atoms with Gasteiger partial charge in [0.25, 0.3) is 0 Å². The number of nitrogens with zero attached hydrogens (tertiary/aromatic N) is 1. The van der Waals surface area contributed by atoms with Crippen LogP contribution in [0.2, 0.25) is 0 Å². The van der Waals surface area contributed by atoms with E-state index in [9.17, 15) is 35.9 Å². The van der Waals surface area contributed by atoms with E-state index >= 15 is 0 Å². The van der Waals surface area contributed by atoms with Gasteiger partial charge in [0, 0.05) is 0 Å². The summed E-state index contributed by atoms with van der Waals surface area (Å²) in [4.78, 5) is 19.2. The molecule has 0 aromatic rings. The quantitative estimate of drug-likeness (QED) is 0.426. The molecule has 0 bridgehead atoms. The van der Waals surface area contributed by atoms with Crippen LogP contribution in [-0.4, -0.2) is 37.0 Å². The van der Waals surface area contributed by atoms with Crippen molar-refractivity contribution < 1.29 is 35.9 Å². The maximum absolute atomic E-state index is 11.5. The second-order valence-electron chi connectivity index (χ2n) is 2.16. The van der Waals surface area contributed by atoms with E-state index in [0.29, 0.717) is 0 Å². The van der Waals surface area contributed by atoms with E-state index in [2.05, 4.69) is 0 Å². The smallest absolute Gasteiger partial charge is 0.321 e. The van der Waals surface area contributed by atoms with Crippen LogP contribution >= 0.6 is 0 Å². The Balaban J connectivity index is 4.74. The van der Waals surface area contributed by atoms with Gasteiger partial charge >= 0.3 is 24.2 Å². The van der Waals surface area contributed by atoms with Gasteiger partial charge in [0.1, 0.15) is 0 Å². The molecule has 0 aliphatic rings. The summed E-state index contributed by atoms with van der Waals surface area (Å²) in [6, 6.07) is 0. The molecule has 3 nitrogen and oxygen atoms in total. The number of imide groups is 1. The number of amides is 2.